The Morgan fingerprint density at radius 3 is 2.48 bits per heavy atom. The molecule has 1 amide bonds. The first kappa shape index (κ1) is 23.3. The van der Waals surface area contributed by atoms with Crippen molar-refractivity contribution in [3.05, 3.63) is 65.4 Å². The first-order valence-corrected chi connectivity index (χ1v) is 11.7. The summed E-state index contributed by atoms with van der Waals surface area (Å²) in [5.41, 5.74) is 3.96. The molecule has 1 aliphatic heterocycles. The molecule has 1 aliphatic rings. The third-order valence-electron chi connectivity index (χ3n) is 6.34. The second kappa shape index (κ2) is 9.18. The van der Waals surface area contributed by atoms with E-state index in [1.54, 1.807) is 0 Å². The van der Waals surface area contributed by atoms with Crippen LogP contribution in [0, 0.1) is 6.92 Å². The summed E-state index contributed by atoms with van der Waals surface area (Å²) in [6.45, 7) is 10.2. The third-order valence-corrected chi connectivity index (χ3v) is 6.34. The summed E-state index contributed by atoms with van der Waals surface area (Å²) in [4.78, 5) is 14.4. The molecule has 0 N–H and O–H groups in total. The van der Waals surface area contributed by atoms with Crippen LogP contribution < -0.4 is 0 Å². The van der Waals surface area contributed by atoms with Crippen LogP contribution in [-0.2, 0) is 28.5 Å². The number of fused-ring (bicyclic) bond motifs is 1. The number of hydrogen-bond donors (Lipinski definition) is 0. The predicted molar refractivity (Wildman–Crippen MR) is 130 cm³/mol. The summed E-state index contributed by atoms with van der Waals surface area (Å²) >= 11 is 0. The molecule has 2 aromatic carbocycles. The van der Waals surface area contributed by atoms with Gasteiger partial charge in [-0.1, -0.05) is 36.4 Å². The molecular formula is C27H35N3O3. The summed E-state index contributed by atoms with van der Waals surface area (Å²) in [6.07, 6.45) is 3.48. The SMILES string of the molecule is Cc1cc(COCC2(c3ccccc3)CCN(C(=O)OC(C)(C)C)CC2)c2nn(C)cc2c1. The Morgan fingerprint density at radius 2 is 1.82 bits per heavy atom. The standard InChI is InChI=1S/C27H35N3O3/c1-20-15-21-17-29(5)28-24(21)22(16-20)18-32-19-27(23-9-7-6-8-10-23)11-13-30(14-12-27)25(31)33-26(2,3)4/h6-10,15-17H,11-14,18-19H2,1-5H3. The number of aromatic nitrogens is 2. The van der Waals surface area contributed by atoms with Gasteiger partial charge in [0.15, 0.2) is 0 Å². The van der Waals surface area contributed by atoms with Crippen molar-refractivity contribution >= 4 is 17.0 Å². The van der Waals surface area contributed by atoms with Crippen molar-refractivity contribution in [2.24, 2.45) is 7.05 Å². The Morgan fingerprint density at radius 1 is 1.12 bits per heavy atom. The van der Waals surface area contributed by atoms with E-state index in [1.807, 2.05) is 49.7 Å². The van der Waals surface area contributed by atoms with E-state index in [1.165, 1.54) is 11.1 Å². The molecule has 0 unspecified atom stereocenters. The van der Waals surface area contributed by atoms with Gasteiger partial charge in [0.1, 0.15) is 5.60 Å². The number of piperidine rings is 1. The highest BCUT2D eigenvalue weighted by Crippen LogP contribution is 2.37. The number of hydrogen-bond acceptors (Lipinski definition) is 4. The van der Waals surface area contributed by atoms with Crippen LogP contribution in [0.5, 0.6) is 0 Å². The maximum Gasteiger partial charge on any atom is 0.410 e. The fourth-order valence-electron chi connectivity index (χ4n) is 4.71. The van der Waals surface area contributed by atoms with Gasteiger partial charge in [0.05, 0.1) is 18.7 Å². The minimum absolute atomic E-state index is 0.132. The minimum atomic E-state index is -0.487. The zero-order valence-electron chi connectivity index (χ0n) is 20.4. The van der Waals surface area contributed by atoms with Crippen molar-refractivity contribution in [2.45, 2.75) is 58.2 Å². The van der Waals surface area contributed by atoms with Gasteiger partial charge in [0, 0.05) is 42.7 Å². The first-order chi connectivity index (χ1) is 15.7. The molecule has 0 atom stereocenters. The Balaban J connectivity index is 1.49. The van der Waals surface area contributed by atoms with Gasteiger partial charge >= 0.3 is 6.09 Å². The molecular weight excluding hydrogens is 414 g/mol. The van der Waals surface area contributed by atoms with Gasteiger partial charge in [-0.05, 0) is 57.7 Å². The lowest BCUT2D eigenvalue weighted by atomic mass is 9.73. The summed E-state index contributed by atoms with van der Waals surface area (Å²) in [5.74, 6) is 0. The van der Waals surface area contributed by atoms with Crippen LogP contribution in [-0.4, -0.2) is 46.1 Å². The van der Waals surface area contributed by atoms with Crippen LogP contribution >= 0.6 is 0 Å². The number of benzene rings is 2. The maximum absolute atomic E-state index is 12.6. The van der Waals surface area contributed by atoms with Crippen molar-refractivity contribution in [3.8, 4) is 0 Å². The van der Waals surface area contributed by atoms with E-state index in [4.69, 9.17) is 9.47 Å². The van der Waals surface area contributed by atoms with Gasteiger partial charge in [0.25, 0.3) is 0 Å². The van der Waals surface area contributed by atoms with Crippen molar-refractivity contribution in [3.63, 3.8) is 0 Å². The third kappa shape index (κ3) is 5.38. The maximum atomic E-state index is 12.6. The van der Waals surface area contributed by atoms with Crippen molar-refractivity contribution < 1.29 is 14.3 Å². The van der Waals surface area contributed by atoms with E-state index in [9.17, 15) is 4.79 Å². The lowest BCUT2D eigenvalue weighted by Crippen LogP contribution is -2.48. The molecule has 0 aliphatic carbocycles. The Kier molecular flexibility index (Phi) is 6.48. The summed E-state index contributed by atoms with van der Waals surface area (Å²) in [5, 5.41) is 5.77. The van der Waals surface area contributed by atoms with E-state index >= 15 is 0 Å². The molecule has 0 bridgehead atoms. The summed E-state index contributed by atoms with van der Waals surface area (Å²) in [6, 6.07) is 14.9. The molecule has 6 nitrogen and oxygen atoms in total. The van der Waals surface area contributed by atoms with Crippen LogP contribution in [0.15, 0.2) is 48.7 Å². The number of amides is 1. The number of rotatable bonds is 5. The number of likely N-dealkylation sites (tertiary alicyclic amines) is 1. The average Bonchev–Trinajstić information content (AvgIpc) is 3.13. The first-order valence-electron chi connectivity index (χ1n) is 11.7. The smallest absolute Gasteiger partial charge is 0.410 e. The largest absolute Gasteiger partial charge is 0.444 e. The summed E-state index contributed by atoms with van der Waals surface area (Å²) < 4.78 is 13.8. The van der Waals surface area contributed by atoms with Gasteiger partial charge in [-0.3, -0.25) is 4.68 Å². The second-order valence-electron chi connectivity index (χ2n) is 10.3. The van der Waals surface area contributed by atoms with Crippen LogP contribution in [0.3, 0.4) is 0 Å². The topological polar surface area (TPSA) is 56.6 Å². The van der Waals surface area contributed by atoms with Crippen molar-refractivity contribution in [1.29, 1.82) is 0 Å². The molecule has 1 fully saturated rings. The summed E-state index contributed by atoms with van der Waals surface area (Å²) in [7, 11) is 1.95. The molecule has 0 spiro atoms. The van der Waals surface area contributed by atoms with Crippen LogP contribution in [0.25, 0.3) is 10.9 Å². The van der Waals surface area contributed by atoms with E-state index in [0.717, 1.165) is 29.3 Å². The quantitative estimate of drug-likeness (QED) is 0.526. The van der Waals surface area contributed by atoms with Gasteiger partial charge in [-0.2, -0.15) is 5.10 Å². The van der Waals surface area contributed by atoms with Crippen LogP contribution in [0.1, 0.15) is 50.3 Å². The van der Waals surface area contributed by atoms with E-state index in [-0.39, 0.29) is 11.5 Å². The Hall–Kier alpha value is -2.86. The fraction of sp³-hybridized carbons (Fsp3) is 0.481. The van der Waals surface area contributed by atoms with Gasteiger partial charge in [-0.15, -0.1) is 0 Å². The van der Waals surface area contributed by atoms with E-state index in [0.29, 0.717) is 26.3 Å². The molecule has 6 heteroatoms. The zero-order chi connectivity index (χ0) is 23.6. The number of carbonyl (C=O) groups is 1. The van der Waals surface area contributed by atoms with E-state index in [2.05, 4.69) is 48.4 Å². The van der Waals surface area contributed by atoms with E-state index < -0.39 is 5.60 Å². The molecule has 33 heavy (non-hydrogen) atoms. The average molecular weight is 450 g/mol. The highest BCUT2D eigenvalue weighted by Gasteiger charge is 2.38. The lowest BCUT2D eigenvalue weighted by Gasteiger charge is -2.42. The van der Waals surface area contributed by atoms with Gasteiger partial charge < -0.3 is 14.4 Å². The highest BCUT2D eigenvalue weighted by atomic mass is 16.6. The second-order valence-corrected chi connectivity index (χ2v) is 10.3. The number of aryl methyl sites for hydroxylation is 2. The zero-order valence-corrected chi connectivity index (χ0v) is 20.4. The van der Waals surface area contributed by atoms with Gasteiger partial charge in [-0.25, -0.2) is 4.79 Å². The minimum Gasteiger partial charge on any atom is -0.444 e. The highest BCUT2D eigenvalue weighted by molar-refractivity contribution is 5.82. The molecule has 2 heterocycles. The Bertz CT molecular complexity index is 1110. The molecule has 3 aromatic rings. The molecule has 4 rings (SSSR count). The molecule has 1 aromatic heterocycles. The monoisotopic (exact) mass is 449 g/mol. The predicted octanol–water partition coefficient (Wildman–Crippen LogP) is 5.37. The molecule has 176 valence electrons. The van der Waals surface area contributed by atoms with Crippen molar-refractivity contribution in [1.82, 2.24) is 14.7 Å². The van der Waals surface area contributed by atoms with Gasteiger partial charge in [0.2, 0.25) is 0 Å². The van der Waals surface area contributed by atoms with Crippen LogP contribution in [0.2, 0.25) is 0 Å². The van der Waals surface area contributed by atoms with Crippen molar-refractivity contribution in [2.75, 3.05) is 19.7 Å². The lowest BCUT2D eigenvalue weighted by molar-refractivity contribution is 0.00342. The molecule has 0 radical (unpaired) electrons. The fourth-order valence-corrected chi connectivity index (χ4v) is 4.71. The molecule has 0 saturated carbocycles. The number of carbonyl (C=O) groups excluding carboxylic acids is 1. The Labute approximate surface area is 196 Å². The number of ether oxygens (including phenoxy) is 2. The number of nitrogens with zero attached hydrogens (tertiary/aromatic N) is 3. The molecule has 1 saturated heterocycles. The normalized spacial score (nSPS) is 16.2. The van der Waals surface area contributed by atoms with Crippen LogP contribution in [0.4, 0.5) is 4.79 Å².